The molecular formula is C22H17N3OS2. The number of thiazole rings is 1. The number of benzene rings is 3. The van der Waals surface area contributed by atoms with E-state index in [1.165, 1.54) is 16.9 Å². The van der Waals surface area contributed by atoms with Crippen molar-refractivity contribution in [2.75, 3.05) is 5.32 Å². The van der Waals surface area contributed by atoms with Crippen LogP contribution in [0.4, 0.5) is 5.13 Å². The van der Waals surface area contributed by atoms with Gasteiger partial charge in [-0.1, -0.05) is 59.9 Å². The van der Waals surface area contributed by atoms with E-state index < -0.39 is 0 Å². The van der Waals surface area contributed by atoms with E-state index in [1.54, 1.807) is 12.1 Å². The summed E-state index contributed by atoms with van der Waals surface area (Å²) < 4.78 is 1.08. The normalized spacial score (nSPS) is 10.6. The van der Waals surface area contributed by atoms with Crippen LogP contribution in [0.5, 0.6) is 0 Å². The van der Waals surface area contributed by atoms with Crippen molar-refractivity contribution in [1.29, 1.82) is 0 Å². The van der Waals surface area contributed by atoms with Crippen LogP contribution < -0.4 is 10.6 Å². The predicted molar refractivity (Wildman–Crippen MR) is 120 cm³/mol. The Labute approximate surface area is 172 Å². The Morgan fingerprint density at radius 2 is 1.68 bits per heavy atom. The summed E-state index contributed by atoms with van der Waals surface area (Å²) in [6, 6.07) is 23.5. The highest BCUT2D eigenvalue weighted by atomic mass is 32.1. The first-order valence-electron chi connectivity index (χ1n) is 8.73. The first-order valence-corrected chi connectivity index (χ1v) is 9.96. The third-order valence-corrected chi connectivity index (χ3v) is 5.38. The maximum absolute atomic E-state index is 12.5. The number of hydrogen-bond acceptors (Lipinski definition) is 4. The molecule has 4 aromatic rings. The Morgan fingerprint density at radius 3 is 2.43 bits per heavy atom. The molecule has 6 heteroatoms. The molecule has 3 aromatic carbocycles. The number of aryl methyl sites for hydroxylation is 1. The number of nitrogens with one attached hydrogen (secondary N) is 2. The van der Waals surface area contributed by atoms with Gasteiger partial charge in [-0.3, -0.25) is 10.1 Å². The standard InChI is InChI=1S/C22H17N3OS2/c1-14-7-12-18-19(13-14)28-22(23-18)25-21(27)24-20(26)17-10-8-16(9-11-17)15-5-3-2-4-6-15/h2-13H,1H3,(H2,23,24,25,26,27). The second kappa shape index (κ2) is 7.88. The number of hydrogen-bond donors (Lipinski definition) is 2. The molecule has 1 amide bonds. The van der Waals surface area contributed by atoms with Crippen LogP contribution in [0.25, 0.3) is 21.3 Å². The Balaban J connectivity index is 1.41. The summed E-state index contributed by atoms with van der Waals surface area (Å²) in [5, 5.41) is 6.59. The topological polar surface area (TPSA) is 54.0 Å². The van der Waals surface area contributed by atoms with Crippen molar-refractivity contribution >= 4 is 49.9 Å². The number of fused-ring (bicyclic) bond motifs is 1. The average molecular weight is 404 g/mol. The van der Waals surface area contributed by atoms with Crippen LogP contribution in [0, 0.1) is 6.92 Å². The molecule has 0 aliphatic rings. The molecule has 0 bridgehead atoms. The molecule has 0 aliphatic carbocycles. The molecule has 0 unspecified atom stereocenters. The summed E-state index contributed by atoms with van der Waals surface area (Å²) in [6.45, 7) is 2.04. The van der Waals surface area contributed by atoms with Gasteiger partial charge in [0.2, 0.25) is 0 Å². The Kier molecular flexibility index (Phi) is 5.14. The van der Waals surface area contributed by atoms with Crippen molar-refractivity contribution in [2.45, 2.75) is 6.92 Å². The van der Waals surface area contributed by atoms with E-state index in [2.05, 4.69) is 21.7 Å². The number of aromatic nitrogens is 1. The zero-order chi connectivity index (χ0) is 19.5. The largest absolute Gasteiger partial charge is 0.308 e. The van der Waals surface area contributed by atoms with Gasteiger partial charge in [0.05, 0.1) is 10.2 Å². The van der Waals surface area contributed by atoms with Crippen molar-refractivity contribution in [1.82, 2.24) is 10.3 Å². The van der Waals surface area contributed by atoms with Crippen LogP contribution in [0.1, 0.15) is 15.9 Å². The summed E-state index contributed by atoms with van der Waals surface area (Å²) in [6.07, 6.45) is 0. The monoisotopic (exact) mass is 403 g/mol. The number of anilines is 1. The van der Waals surface area contributed by atoms with Gasteiger partial charge in [-0.2, -0.15) is 0 Å². The third kappa shape index (κ3) is 4.08. The second-order valence-electron chi connectivity index (χ2n) is 6.34. The maximum atomic E-state index is 12.5. The first kappa shape index (κ1) is 18.3. The Hall–Kier alpha value is -3.09. The van der Waals surface area contributed by atoms with Crippen LogP contribution >= 0.6 is 23.6 Å². The van der Waals surface area contributed by atoms with Gasteiger partial charge in [0.15, 0.2) is 10.2 Å². The molecular weight excluding hydrogens is 386 g/mol. The van der Waals surface area contributed by atoms with Gasteiger partial charge in [-0.25, -0.2) is 4.98 Å². The maximum Gasteiger partial charge on any atom is 0.257 e. The third-order valence-electron chi connectivity index (χ3n) is 4.25. The van der Waals surface area contributed by atoms with Gasteiger partial charge >= 0.3 is 0 Å². The fourth-order valence-corrected chi connectivity index (χ4v) is 4.06. The molecule has 4 nitrogen and oxygen atoms in total. The molecule has 0 fully saturated rings. The van der Waals surface area contributed by atoms with Gasteiger partial charge < -0.3 is 5.32 Å². The molecule has 0 atom stereocenters. The summed E-state index contributed by atoms with van der Waals surface area (Å²) in [7, 11) is 0. The molecule has 1 heterocycles. The number of carbonyl (C=O) groups is 1. The van der Waals surface area contributed by atoms with E-state index in [0.717, 1.165) is 21.3 Å². The van der Waals surface area contributed by atoms with E-state index in [1.807, 2.05) is 61.5 Å². The minimum atomic E-state index is -0.255. The molecule has 1 aromatic heterocycles. The number of amides is 1. The van der Waals surface area contributed by atoms with E-state index in [4.69, 9.17) is 12.2 Å². The summed E-state index contributed by atoms with van der Waals surface area (Å²) >= 11 is 6.77. The van der Waals surface area contributed by atoms with Crippen LogP contribution in [-0.2, 0) is 0 Å². The lowest BCUT2D eigenvalue weighted by Crippen LogP contribution is -2.34. The van der Waals surface area contributed by atoms with Gasteiger partial charge in [0, 0.05) is 5.56 Å². The minimum Gasteiger partial charge on any atom is -0.308 e. The van der Waals surface area contributed by atoms with Gasteiger partial charge in [0.1, 0.15) is 0 Å². The summed E-state index contributed by atoms with van der Waals surface area (Å²) in [4.78, 5) is 16.9. The Morgan fingerprint density at radius 1 is 0.964 bits per heavy atom. The van der Waals surface area contributed by atoms with Crippen LogP contribution in [0.2, 0.25) is 0 Å². The SMILES string of the molecule is Cc1ccc2nc(NC(=S)NC(=O)c3ccc(-c4ccccc4)cc3)sc2c1. The van der Waals surface area contributed by atoms with Crippen LogP contribution in [0.3, 0.4) is 0 Å². The highest BCUT2D eigenvalue weighted by Crippen LogP contribution is 2.26. The van der Waals surface area contributed by atoms with Crippen molar-refractivity contribution in [3.8, 4) is 11.1 Å². The zero-order valence-corrected chi connectivity index (χ0v) is 16.7. The van der Waals surface area contributed by atoms with E-state index >= 15 is 0 Å². The van der Waals surface area contributed by atoms with E-state index in [-0.39, 0.29) is 11.0 Å². The highest BCUT2D eigenvalue weighted by molar-refractivity contribution is 7.80. The lowest BCUT2D eigenvalue weighted by molar-refractivity contribution is 0.0978. The molecule has 4 rings (SSSR count). The molecule has 0 saturated carbocycles. The molecule has 28 heavy (non-hydrogen) atoms. The molecule has 0 aliphatic heterocycles. The number of thiocarbonyl (C=S) groups is 1. The van der Waals surface area contributed by atoms with Crippen molar-refractivity contribution in [3.63, 3.8) is 0 Å². The first-order chi connectivity index (χ1) is 13.6. The van der Waals surface area contributed by atoms with E-state index in [9.17, 15) is 4.79 Å². The molecule has 138 valence electrons. The summed E-state index contributed by atoms with van der Waals surface area (Å²) in [5.74, 6) is -0.255. The fourth-order valence-electron chi connectivity index (χ4n) is 2.83. The lowest BCUT2D eigenvalue weighted by atomic mass is 10.0. The van der Waals surface area contributed by atoms with Gasteiger partial charge in [-0.05, 0) is 60.1 Å². The van der Waals surface area contributed by atoms with Gasteiger partial charge in [-0.15, -0.1) is 0 Å². The molecule has 0 saturated heterocycles. The molecule has 0 radical (unpaired) electrons. The average Bonchev–Trinajstić information content (AvgIpc) is 3.09. The lowest BCUT2D eigenvalue weighted by Gasteiger charge is -2.08. The van der Waals surface area contributed by atoms with E-state index in [0.29, 0.717) is 10.7 Å². The number of nitrogens with zero attached hydrogens (tertiary/aromatic N) is 1. The van der Waals surface area contributed by atoms with Crippen molar-refractivity contribution in [2.24, 2.45) is 0 Å². The molecule has 0 spiro atoms. The molecule has 2 N–H and O–H groups in total. The quantitative estimate of drug-likeness (QED) is 0.450. The second-order valence-corrected chi connectivity index (χ2v) is 7.78. The van der Waals surface area contributed by atoms with Gasteiger partial charge in [0.25, 0.3) is 5.91 Å². The predicted octanol–water partition coefficient (Wildman–Crippen LogP) is 5.40. The van der Waals surface area contributed by atoms with Crippen molar-refractivity contribution in [3.05, 3.63) is 83.9 Å². The highest BCUT2D eigenvalue weighted by Gasteiger charge is 2.10. The minimum absolute atomic E-state index is 0.230. The van der Waals surface area contributed by atoms with Crippen LogP contribution in [-0.4, -0.2) is 16.0 Å². The number of rotatable bonds is 3. The van der Waals surface area contributed by atoms with Crippen molar-refractivity contribution < 1.29 is 4.79 Å². The van der Waals surface area contributed by atoms with Crippen LogP contribution in [0.15, 0.2) is 72.8 Å². The smallest absolute Gasteiger partial charge is 0.257 e. The fraction of sp³-hybridized carbons (Fsp3) is 0.0455. The number of carbonyl (C=O) groups excluding carboxylic acids is 1. The zero-order valence-electron chi connectivity index (χ0n) is 15.1. The Bertz CT molecular complexity index is 1150. The summed E-state index contributed by atoms with van der Waals surface area (Å²) in [5.41, 5.74) is 4.80.